The van der Waals surface area contributed by atoms with E-state index in [1.54, 1.807) is 6.08 Å². The van der Waals surface area contributed by atoms with Crippen molar-refractivity contribution in [2.75, 3.05) is 37.4 Å². The average molecular weight is 459 g/mol. The molecule has 0 spiro atoms. The van der Waals surface area contributed by atoms with Crippen molar-refractivity contribution in [2.24, 2.45) is 0 Å². The van der Waals surface area contributed by atoms with Gasteiger partial charge in [0.15, 0.2) is 5.82 Å². The summed E-state index contributed by atoms with van der Waals surface area (Å²) in [5.74, 6) is -1.34. The van der Waals surface area contributed by atoms with Crippen molar-refractivity contribution in [3.8, 4) is 0 Å². The number of hydrogen-bond donors (Lipinski definition) is 2. The predicted octanol–water partition coefficient (Wildman–Crippen LogP) is 5.10. The van der Waals surface area contributed by atoms with Gasteiger partial charge < -0.3 is 15.5 Å². The number of benzene rings is 1. The highest BCUT2D eigenvalue weighted by Gasteiger charge is 2.34. The third kappa shape index (κ3) is 5.73. The van der Waals surface area contributed by atoms with Crippen LogP contribution in [0.1, 0.15) is 39.0 Å². The van der Waals surface area contributed by atoms with Gasteiger partial charge in [0.25, 0.3) is 0 Å². The van der Waals surface area contributed by atoms with Crippen molar-refractivity contribution in [3.63, 3.8) is 0 Å². The number of para-hydroxylation sites is 1. The lowest BCUT2D eigenvalue weighted by molar-refractivity contribution is 0.246. The summed E-state index contributed by atoms with van der Waals surface area (Å²) in [6.45, 7) is 13.1. The number of anilines is 3. The van der Waals surface area contributed by atoms with Crippen molar-refractivity contribution in [1.29, 1.82) is 0 Å². The van der Waals surface area contributed by atoms with Crippen LogP contribution in [0.4, 0.5) is 31.0 Å². The molecule has 1 aliphatic rings. The molecule has 2 aromatic rings. The average Bonchev–Trinajstić information content (AvgIpc) is 2.76. The van der Waals surface area contributed by atoms with Gasteiger partial charge in [-0.25, -0.2) is 23.5 Å². The van der Waals surface area contributed by atoms with Gasteiger partial charge in [0, 0.05) is 18.7 Å². The minimum atomic E-state index is -0.864. The zero-order valence-corrected chi connectivity index (χ0v) is 20.1. The van der Waals surface area contributed by atoms with E-state index in [9.17, 15) is 13.6 Å². The van der Waals surface area contributed by atoms with Crippen LogP contribution < -0.4 is 15.5 Å². The Morgan fingerprint density at radius 1 is 1.24 bits per heavy atom. The number of aromatic nitrogens is 2. The SMILES string of the molecule is C=CC(=C(C)C)c1nc(NCCN(C)C)nc2c1CNC(=O)N2c1c(F)cccc1F.CC. The van der Waals surface area contributed by atoms with E-state index in [0.717, 1.165) is 34.7 Å². The second-order valence-electron chi connectivity index (χ2n) is 7.61. The smallest absolute Gasteiger partial charge is 0.328 e. The van der Waals surface area contributed by atoms with Gasteiger partial charge in [0.1, 0.15) is 17.3 Å². The molecule has 0 unspecified atom stereocenters. The van der Waals surface area contributed by atoms with Crippen molar-refractivity contribution >= 4 is 29.1 Å². The number of hydrogen-bond acceptors (Lipinski definition) is 5. The lowest BCUT2D eigenvalue weighted by Crippen LogP contribution is -2.43. The molecule has 1 aliphatic heterocycles. The van der Waals surface area contributed by atoms with Gasteiger partial charge in [0.05, 0.1) is 12.2 Å². The molecule has 1 aromatic carbocycles. The number of amides is 2. The summed E-state index contributed by atoms with van der Waals surface area (Å²) in [6, 6.07) is 2.78. The molecule has 0 atom stereocenters. The molecule has 2 heterocycles. The van der Waals surface area contributed by atoms with Crippen LogP contribution in [-0.2, 0) is 6.54 Å². The fourth-order valence-corrected chi connectivity index (χ4v) is 3.30. The monoisotopic (exact) mass is 458 g/mol. The molecule has 33 heavy (non-hydrogen) atoms. The number of urea groups is 1. The fraction of sp³-hybridized carbons (Fsp3) is 0.375. The summed E-state index contributed by atoms with van der Waals surface area (Å²) in [7, 11) is 3.87. The maximum Gasteiger partial charge on any atom is 0.328 e. The molecule has 0 radical (unpaired) electrons. The van der Waals surface area contributed by atoms with E-state index in [1.807, 2.05) is 46.7 Å². The number of nitrogens with one attached hydrogen (secondary N) is 2. The summed E-state index contributed by atoms with van der Waals surface area (Å²) >= 11 is 0. The molecule has 0 saturated carbocycles. The maximum absolute atomic E-state index is 14.6. The van der Waals surface area contributed by atoms with E-state index in [1.165, 1.54) is 6.07 Å². The largest absolute Gasteiger partial charge is 0.353 e. The van der Waals surface area contributed by atoms with E-state index in [0.29, 0.717) is 17.8 Å². The van der Waals surface area contributed by atoms with Gasteiger partial charge in [-0.05, 0) is 45.6 Å². The van der Waals surface area contributed by atoms with Crippen molar-refractivity contribution in [1.82, 2.24) is 20.2 Å². The molecule has 178 valence electrons. The van der Waals surface area contributed by atoms with E-state index in [2.05, 4.69) is 27.2 Å². The second-order valence-corrected chi connectivity index (χ2v) is 7.61. The van der Waals surface area contributed by atoms with E-state index < -0.39 is 23.4 Å². The van der Waals surface area contributed by atoms with Crippen LogP contribution in [0.25, 0.3) is 5.57 Å². The van der Waals surface area contributed by atoms with Crippen LogP contribution in [-0.4, -0.2) is 48.1 Å². The molecule has 0 fully saturated rings. The Hall–Kier alpha value is -3.33. The summed E-state index contributed by atoms with van der Waals surface area (Å²) in [6.07, 6.45) is 1.67. The van der Waals surface area contributed by atoms with Gasteiger partial charge in [-0.2, -0.15) is 4.98 Å². The van der Waals surface area contributed by atoms with E-state index >= 15 is 0 Å². The number of carbonyl (C=O) groups is 1. The van der Waals surface area contributed by atoms with Gasteiger partial charge in [-0.3, -0.25) is 0 Å². The Morgan fingerprint density at radius 2 is 1.88 bits per heavy atom. The van der Waals surface area contributed by atoms with Crippen LogP contribution >= 0.6 is 0 Å². The van der Waals surface area contributed by atoms with Crippen LogP contribution in [0.5, 0.6) is 0 Å². The predicted molar refractivity (Wildman–Crippen MR) is 130 cm³/mol. The first-order valence-electron chi connectivity index (χ1n) is 10.9. The Labute approximate surface area is 194 Å². The van der Waals surface area contributed by atoms with Gasteiger partial charge in [-0.1, -0.05) is 38.1 Å². The highest BCUT2D eigenvalue weighted by molar-refractivity contribution is 6.02. The second kappa shape index (κ2) is 11.5. The molecule has 9 heteroatoms. The summed E-state index contributed by atoms with van der Waals surface area (Å²) in [5, 5.41) is 5.80. The normalized spacial score (nSPS) is 12.4. The first-order chi connectivity index (χ1) is 15.7. The number of fused-ring (bicyclic) bond motifs is 1. The standard InChI is InChI=1S/C22H26F2N6O.C2H6/c1-6-14(13(2)3)18-15-12-26-22(31)30(19-16(23)8-7-9-17(19)24)20(15)28-21(27-18)25-10-11-29(4)5;1-2/h6-9H,1,10-12H2,2-5H3,(H,26,31)(H,25,27,28);1-2H3. The molecule has 2 amide bonds. The van der Waals surface area contributed by atoms with Crippen LogP contribution in [0.2, 0.25) is 0 Å². The molecule has 3 rings (SSSR count). The third-order valence-electron chi connectivity index (χ3n) is 4.82. The quantitative estimate of drug-likeness (QED) is 0.565. The lowest BCUT2D eigenvalue weighted by atomic mass is 10.0. The number of nitrogens with zero attached hydrogens (tertiary/aromatic N) is 4. The molecular formula is C24H32F2N6O. The number of likely N-dealkylation sites (N-methyl/N-ethyl adjacent to an activating group) is 1. The molecule has 2 N–H and O–H groups in total. The summed E-state index contributed by atoms with van der Waals surface area (Å²) in [4.78, 5) is 24.8. The van der Waals surface area contributed by atoms with Crippen molar-refractivity contribution in [2.45, 2.75) is 34.2 Å². The van der Waals surface area contributed by atoms with Gasteiger partial charge >= 0.3 is 6.03 Å². The van der Waals surface area contributed by atoms with Crippen molar-refractivity contribution < 1.29 is 13.6 Å². The minimum Gasteiger partial charge on any atom is -0.353 e. The first kappa shape index (κ1) is 25.9. The molecule has 0 saturated heterocycles. The zero-order chi connectivity index (χ0) is 24.7. The highest BCUT2D eigenvalue weighted by atomic mass is 19.1. The molecular weight excluding hydrogens is 426 g/mol. The van der Waals surface area contributed by atoms with E-state index in [4.69, 9.17) is 0 Å². The third-order valence-corrected chi connectivity index (χ3v) is 4.82. The highest BCUT2D eigenvalue weighted by Crippen LogP contribution is 2.37. The molecule has 0 aliphatic carbocycles. The maximum atomic E-state index is 14.6. The molecule has 1 aromatic heterocycles. The van der Waals surface area contributed by atoms with E-state index in [-0.39, 0.29) is 18.3 Å². The number of allylic oxidation sites excluding steroid dienone is 3. The summed E-state index contributed by atoms with van der Waals surface area (Å²) < 4.78 is 29.2. The number of halogens is 2. The van der Waals surface area contributed by atoms with Gasteiger partial charge in [0.2, 0.25) is 5.95 Å². The lowest BCUT2D eigenvalue weighted by Gasteiger charge is -2.31. The van der Waals surface area contributed by atoms with Crippen molar-refractivity contribution in [3.05, 3.63) is 59.3 Å². The Bertz CT molecular complexity index is 1030. The first-order valence-corrected chi connectivity index (χ1v) is 10.9. The van der Waals surface area contributed by atoms with Gasteiger partial charge in [-0.15, -0.1) is 0 Å². The Morgan fingerprint density at radius 3 is 2.42 bits per heavy atom. The Balaban J connectivity index is 0.00000187. The molecule has 0 bridgehead atoms. The number of carbonyl (C=O) groups excluding carboxylic acids is 1. The summed E-state index contributed by atoms with van der Waals surface area (Å²) in [5.41, 5.74) is 2.34. The fourth-order valence-electron chi connectivity index (χ4n) is 3.30. The minimum absolute atomic E-state index is 0.124. The number of rotatable bonds is 7. The van der Waals surface area contributed by atoms with Crippen LogP contribution in [0, 0.1) is 11.6 Å². The Kier molecular flexibility index (Phi) is 9.04. The van der Waals surface area contributed by atoms with Crippen LogP contribution in [0.15, 0.2) is 36.4 Å². The molecule has 7 nitrogen and oxygen atoms in total. The topological polar surface area (TPSA) is 73.4 Å². The van der Waals surface area contributed by atoms with Crippen LogP contribution in [0.3, 0.4) is 0 Å². The zero-order valence-electron chi connectivity index (χ0n) is 20.1.